The summed E-state index contributed by atoms with van der Waals surface area (Å²) in [5, 5.41) is 8.81. The molecule has 3 atom stereocenters. The Morgan fingerprint density at radius 2 is 2.23 bits per heavy atom. The van der Waals surface area contributed by atoms with Crippen LogP contribution in [-0.2, 0) is 21.1 Å². The van der Waals surface area contributed by atoms with E-state index in [0.717, 1.165) is 0 Å². The van der Waals surface area contributed by atoms with E-state index in [1.807, 2.05) is 0 Å². The SMILES string of the molecule is [B][C@H]1C[C@@H](OP(O)(O)=S)[C@@H](CO)O1. The van der Waals surface area contributed by atoms with E-state index >= 15 is 0 Å². The van der Waals surface area contributed by atoms with Gasteiger partial charge in [0.25, 0.3) is 0 Å². The molecule has 1 rings (SSSR count). The van der Waals surface area contributed by atoms with Gasteiger partial charge in [-0.3, -0.25) is 0 Å². The van der Waals surface area contributed by atoms with Crippen molar-refractivity contribution in [2.24, 2.45) is 0 Å². The van der Waals surface area contributed by atoms with Crippen LogP contribution in [0.1, 0.15) is 6.42 Å². The molecular weight excluding hydrogens is 214 g/mol. The average molecular weight is 224 g/mol. The van der Waals surface area contributed by atoms with Gasteiger partial charge in [0.15, 0.2) is 0 Å². The number of aliphatic hydroxyl groups excluding tert-OH is 1. The molecule has 0 aliphatic carbocycles. The van der Waals surface area contributed by atoms with E-state index in [2.05, 4.69) is 11.8 Å². The molecule has 3 N–H and O–H groups in total. The van der Waals surface area contributed by atoms with Crippen LogP contribution in [0, 0.1) is 0 Å². The average Bonchev–Trinajstić information content (AvgIpc) is 2.27. The number of hydrogen-bond donors (Lipinski definition) is 3. The fourth-order valence-electron chi connectivity index (χ4n) is 1.20. The molecule has 1 fully saturated rings. The van der Waals surface area contributed by atoms with Gasteiger partial charge in [0.2, 0.25) is 0 Å². The smallest absolute Gasteiger partial charge is 0.322 e. The molecule has 1 aliphatic rings. The highest BCUT2D eigenvalue weighted by atomic mass is 32.5. The van der Waals surface area contributed by atoms with Crippen LogP contribution < -0.4 is 0 Å². The van der Waals surface area contributed by atoms with E-state index < -0.39 is 24.9 Å². The van der Waals surface area contributed by atoms with Crippen molar-refractivity contribution in [2.45, 2.75) is 24.6 Å². The summed E-state index contributed by atoms with van der Waals surface area (Å²) >= 11 is 4.28. The van der Waals surface area contributed by atoms with Gasteiger partial charge in [-0.05, 0) is 18.2 Å². The number of ether oxygens (including phenoxy) is 1. The molecule has 2 radical (unpaired) electrons. The maximum atomic E-state index is 8.86. The molecule has 0 aromatic carbocycles. The first-order valence-electron chi connectivity index (χ1n) is 3.68. The number of aliphatic hydroxyl groups is 1. The third kappa shape index (κ3) is 3.63. The predicted molar refractivity (Wildman–Crippen MR) is 49.7 cm³/mol. The summed E-state index contributed by atoms with van der Waals surface area (Å²) in [6, 6.07) is -0.552. The number of rotatable bonds is 3. The van der Waals surface area contributed by atoms with Crippen LogP contribution in [-0.4, -0.2) is 47.6 Å². The molecule has 13 heavy (non-hydrogen) atoms. The first-order valence-corrected chi connectivity index (χ1v) is 6.31. The Hall–Kier alpha value is 0.515. The minimum absolute atomic E-state index is 0.284. The van der Waals surface area contributed by atoms with Gasteiger partial charge in [-0.15, -0.1) is 0 Å². The monoisotopic (exact) mass is 224 g/mol. The lowest BCUT2D eigenvalue weighted by Crippen LogP contribution is -2.26. The molecule has 0 unspecified atom stereocenters. The summed E-state index contributed by atoms with van der Waals surface area (Å²) < 4.78 is 9.77. The molecule has 0 bridgehead atoms. The van der Waals surface area contributed by atoms with Crippen LogP contribution in [0.2, 0.25) is 0 Å². The van der Waals surface area contributed by atoms with Gasteiger partial charge >= 0.3 is 6.72 Å². The van der Waals surface area contributed by atoms with Crippen LogP contribution >= 0.6 is 6.72 Å². The van der Waals surface area contributed by atoms with Crippen LogP contribution in [0.5, 0.6) is 0 Å². The molecule has 0 aromatic rings. The molecule has 5 nitrogen and oxygen atoms in total. The summed E-state index contributed by atoms with van der Waals surface area (Å²) in [5.74, 6) is 0. The van der Waals surface area contributed by atoms with Gasteiger partial charge < -0.3 is 24.2 Å². The largest absolute Gasteiger partial charge is 0.394 e. The summed E-state index contributed by atoms with van der Waals surface area (Å²) in [7, 11) is 5.41. The fourth-order valence-corrected chi connectivity index (χ4v) is 2.10. The summed E-state index contributed by atoms with van der Waals surface area (Å²) in [6.07, 6.45) is -0.970. The Kier molecular flexibility index (Phi) is 3.88. The van der Waals surface area contributed by atoms with E-state index in [0.29, 0.717) is 6.42 Å². The Balaban J connectivity index is 2.54. The lowest BCUT2D eigenvalue weighted by Gasteiger charge is -2.18. The van der Waals surface area contributed by atoms with Crippen molar-refractivity contribution < 1.29 is 24.2 Å². The minimum Gasteiger partial charge on any atom is -0.394 e. The lowest BCUT2D eigenvalue weighted by atomic mass is 9.96. The molecule has 0 saturated carbocycles. The Morgan fingerprint density at radius 3 is 2.69 bits per heavy atom. The van der Waals surface area contributed by atoms with E-state index in [-0.39, 0.29) is 6.61 Å². The quantitative estimate of drug-likeness (QED) is 0.415. The third-order valence-corrected chi connectivity index (χ3v) is 2.49. The van der Waals surface area contributed by atoms with Crippen molar-refractivity contribution in [1.82, 2.24) is 0 Å². The van der Waals surface area contributed by atoms with E-state index in [4.69, 9.17) is 32.0 Å². The topological polar surface area (TPSA) is 79.2 Å². The van der Waals surface area contributed by atoms with Gasteiger partial charge in [0, 0.05) is 6.00 Å². The lowest BCUT2D eigenvalue weighted by molar-refractivity contribution is 0.000363. The molecule has 1 heterocycles. The zero-order chi connectivity index (χ0) is 10.1. The Labute approximate surface area is 82.3 Å². The zero-order valence-corrected chi connectivity index (χ0v) is 8.45. The molecule has 1 aliphatic heterocycles. The first kappa shape index (κ1) is 11.6. The van der Waals surface area contributed by atoms with Crippen molar-refractivity contribution in [1.29, 1.82) is 0 Å². The number of hydrogen-bond acceptors (Lipinski definition) is 4. The molecule has 74 valence electrons. The summed E-state index contributed by atoms with van der Waals surface area (Å²) in [4.78, 5) is 17.7. The Bertz CT molecular complexity index is 221. The maximum absolute atomic E-state index is 8.86. The molecule has 0 aromatic heterocycles. The highest BCUT2D eigenvalue weighted by Crippen LogP contribution is 2.41. The second-order valence-electron chi connectivity index (χ2n) is 2.77. The second kappa shape index (κ2) is 4.36. The van der Waals surface area contributed by atoms with Crippen molar-refractivity contribution in [2.75, 3.05) is 6.61 Å². The normalized spacial score (nSPS) is 35.2. The standard InChI is InChI=1S/C5H10BO5PS/c6-5-1-3(4(2-7)10-5)11-12(8,9)13/h3-5,7H,1-2H2,(H2,8,9,13)/t3-,4-,5-/m1/s1. The van der Waals surface area contributed by atoms with E-state index in [1.54, 1.807) is 0 Å². The van der Waals surface area contributed by atoms with Crippen molar-refractivity contribution in [3.05, 3.63) is 0 Å². The third-order valence-electron chi connectivity index (χ3n) is 1.68. The zero-order valence-electron chi connectivity index (χ0n) is 6.74. The first-order chi connectivity index (χ1) is 5.92. The van der Waals surface area contributed by atoms with Gasteiger partial charge in [0.1, 0.15) is 14.0 Å². The molecule has 0 spiro atoms. The van der Waals surface area contributed by atoms with Crippen LogP contribution in [0.4, 0.5) is 0 Å². The van der Waals surface area contributed by atoms with Gasteiger partial charge in [-0.1, -0.05) is 0 Å². The van der Waals surface area contributed by atoms with E-state index in [9.17, 15) is 0 Å². The van der Waals surface area contributed by atoms with Gasteiger partial charge in [-0.25, -0.2) is 0 Å². The molecule has 1 saturated heterocycles. The summed E-state index contributed by atoms with van der Waals surface area (Å²) in [5.41, 5.74) is 0. The minimum atomic E-state index is -3.71. The molecular formula is C5H10BO5PS. The maximum Gasteiger partial charge on any atom is 0.322 e. The predicted octanol–water partition coefficient (Wildman–Crippen LogP) is -1.14. The second-order valence-corrected chi connectivity index (χ2v) is 5.38. The van der Waals surface area contributed by atoms with Gasteiger partial charge in [-0.2, -0.15) is 0 Å². The van der Waals surface area contributed by atoms with E-state index in [1.165, 1.54) is 0 Å². The summed E-state index contributed by atoms with van der Waals surface area (Å²) in [6.45, 7) is -3.99. The molecule has 8 heteroatoms. The van der Waals surface area contributed by atoms with Crippen LogP contribution in [0.3, 0.4) is 0 Å². The van der Waals surface area contributed by atoms with Crippen molar-refractivity contribution >= 4 is 26.4 Å². The van der Waals surface area contributed by atoms with Crippen molar-refractivity contribution in [3.8, 4) is 0 Å². The molecule has 0 amide bonds. The highest BCUT2D eigenvalue weighted by Gasteiger charge is 2.35. The van der Waals surface area contributed by atoms with Crippen molar-refractivity contribution in [3.63, 3.8) is 0 Å². The highest BCUT2D eigenvalue weighted by molar-refractivity contribution is 8.06. The van der Waals surface area contributed by atoms with Gasteiger partial charge in [0.05, 0.1) is 12.7 Å². The van der Waals surface area contributed by atoms with Crippen LogP contribution in [0.25, 0.3) is 0 Å². The fraction of sp³-hybridized carbons (Fsp3) is 1.00. The van der Waals surface area contributed by atoms with Crippen LogP contribution in [0.15, 0.2) is 0 Å². The Morgan fingerprint density at radius 1 is 1.62 bits per heavy atom.